The van der Waals surface area contributed by atoms with Crippen molar-refractivity contribution in [2.45, 2.75) is 90.7 Å². The highest BCUT2D eigenvalue weighted by Crippen LogP contribution is 2.60. The van der Waals surface area contributed by atoms with Crippen molar-refractivity contribution in [1.29, 1.82) is 0 Å². The summed E-state index contributed by atoms with van der Waals surface area (Å²) in [5.41, 5.74) is 0.267. The third kappa shape index (κ3) is 5.18. The van der Waals surface area contributed by atoms with E-state index in [1.165, 1.54) is 31.6 Å². The standard InChI is InChI=1S/C27H37F3N4O/c1-18(13-16-27(29,30)25(2,3)35)22-11-12-23-19(6-5-15-26(22,23)4)14-17-34-24(31-32-33-34)20-7-9-21(28)10-8-20/h7-10,14,18,22-23,35H,5-6,11-13,15-17H2,1-4H3/b19-14+/t18-,22-,23+,26-/m1/s1. The van der Waals surface area contributed by atoms with Crippen LogP contribution in [0.5, 0.6) is 0 Å². The normalized spacial score (nSPS) is 27.3. The number of aliphatic hydroxyl groups is 1. The number of tetrazole rings is 1. The summed E-state index contributed by atoms with van der Waals surface area (Å²) < 4.78 is 43.8. The lowest BCUT2D eigenvalue weighted by atomic mass is 9.60. The minimum atomic E-state index is -3.09. The first kappa shape index (κ1) is 25.9. The number of nitrogens with zero attached hydrogens (tertiary/aromatic N) is 4. The van der Waals surface area contributed by atoms with Crippen LogP contribution in [0.3, 0.4) is 0 Å². The maximum atomic E-state index is 14.4. The predicted molar refractivity (Wildman–Crippen MR) is 129 cm³/mol. The predicted octanol–water partition coefficient (Wildman–Crippen LogP) is 6.44. The van der Waals surface area contributed by atoms with Gasteiger partial charge in [0.15, 0.2) is 5.82 Å². The Morgan fingerprint density at radius 2 is 1.94 bits per heavy atom. The Morgan fingerprint density at radius 1 is 1.23 bits per heavy atom. The molecule has 35 heavy (non-hydrogen) atoms. The summed E-state index contributed by atoms with van der Waals surface area (Å²) in [4.78, 5) is 0. The topological polar surface area (TPSA) is 63.8 Å². The van der Waals surface area contributed by atoms with E-state index in [1.54, 1.807) is 16.8 Å². The van der Waals surface area contributed by atoms with E-state index in [1.807, 2.05) is 0 Å². The van der Waals surface area contributed by atoms with Gasteiger partial charge in [-0.25, -0.2) is 17.9 Å². The van der Waals surface area contributed by atoms with Gasteiger partial charge in [0.2, 0.25) is 0 Å². The summed E-state index contributed by atoms with van der Waals surface area (Å²) in [5, 5.41) is 21.9. The zero-order valence-electron chi connectivity index (χ0n) is 21.1. The van der Waals surface area contributed by atoms with E-state index in [2.05, 4.69) is 35.4 Å². The lowest BCUT2D eigenvalue weighted by Gasteiger charge is -2.44. The molecule has 2 aromatic rings. The molecule has 1 heterocycles. The van der Waals surface area contributed by atoms with E-state index in [0.29, 0.717) is 30.6 Å². The van der Waals surface area contributed by atoms with Gasteiger partial charge in [0, 0.05) is 12.0 Å². The monoisotopic (exact) mass is 490 g/mol. The lowest BCUT2D eigenvalue weighted by molar-refractivity contribution is -0.168. The van der Waals surface area contributed by atoms with Crippen molar-refractivity contribution < 1.29 is 18.3 Å². The molecule has 2 aliphatic rings. The Hall–Kier alpha value is -2.22. The lowest BCUT2D eigenvalue weighted by Crippen LogP contribution is -2.43. The fourth-order valence-corrected chi connectivity index (χ4v) is 6.51. The van der Waals surface area contributed by atoms with Crippen LogP contribution in [0.15, 0.2) is 35.9 Å². The largest absolute Gasteiger partial charge is 0.384 e. The zero-order valence-corrected chi connectivity index (χ0v) is 21.1. The molecule has 0 spiro atoms. The Balaban J connectivity index is 1.46. The van der Waals surface area contributed by atoms with E-state index in [9.17, 15) is 18.3 Å². The number of allylic oxidation sites excluding steroid dienone is 2. The van der Waals surface area contributed by atoms with E-state index in [4.69, 9.17) is 0 Å². The molecule has 2 fully saturated rings. The summed E-state index contributed by atoms with van der Waals surface area (Å²) in [6.07, 6.45) is 7.70. The fourth-order valence-electron chi connectivity index (χ4n) is 6.51. The fraction of sp³-hybridized carbons (Fsp3) is 0.667. The van der Waals surface area contributed by atoms with Crippen LogP contribution in [-0.4, -0.2) is 36.8 Å². The number of benzene rings is 1. The van der Waals surface area contributed by atoms with Gasteiger partial charge in [-0.2, -0.15) is 0 Å². The zero-order chi connectivity index (χ0) is 25.4. The van der Waals surface area contributed by atoms with Gasteiger partial charge < -0.3 is 5.11 Å². The van der Waals surface area contributed by atoms with Crippen LogP contribution in [0.2, 0.25) is 0 Å². The average Bonchev–Trinajstić information content (AvgIpc) is 3.40. The van der Waals surface area contributed by atoms with Crippen molar-refractivity contribution in [3.05, 3.63) is 41.7 Å². The second kappa shape index (κ2) is 9.68. The van der Waals surface area contributed by atoms with Crippen molar-refractivity contribution in [1.82, 2.24) is 20.2 Å². The molecule has 192 valence electrons. The van der Waals surface area contributed by atoms with Crippen LogP contribution in [0.25, 0.3) is 11.4 Å². The van der Waals surface area contributed by atoms with E-state index >= 15 is 0 Å². The number of aromatic nitrogens is 4. The Morgan fingerprint density at radius 3 is 2.63 bits per heavy atom. The van der Waals surface area contributed by atoms with Gasteiger partial charge in [-0.1, -0.05) is 25.5 Å². The van der Waals surface area contributed by atoms with Gasteiger partial charge in [0.05, 0.1) is 6.54 Å². The molecular weight excluding hydrogens is 453 g/mol. The Kier molecular flexibility index (Phi) is 7.15. The number of halogens is 3. The van der Waals surface area contributed by atoms with Crippen molar-refractivity contribution >= 4 is 0 Å². The Bertz CT molecular complexity index is 1040. The van der Waals surface area contributed by atoms with Crippen LogP contribution < -0.4 is 0 Å². The van der Waals surface area contributed by atoms with E-state index in [-0.39, 0.29) is 23.6 Å². The maximum Gasteiger partial charge on any atom is 0.275 e. The third-order valence-electron chi connectivity index (χ3n) is 8.69. The van der Waals surface area contributed by atoms with Crippen molar-refractivity contribution in [2.75, 3.05) is 0 Å². The molecule has 1 N–H and O–H groups in total. The van der Waals surface area contributed by atoms with Crippen LogP contribution in [0.4, 0.5) is 13.2 Å². The first-order valence-corrected chi connectivity index (χ1v) is 12.7. The summed E-state index contributed by atoms with van der Waals surface area (Å²) in [6.45, 7) is 7.37. The number of rotatable bonds is 8. The molecule has 0 radical (unpaired) electrons. The second-order valence-corrected chi connectivity index (χ2v) is 11.3. The first-order chi connectivity index (χ1) is 16.4. The SMILES string of the molecule is C[C@H](CCC(F)(F)C(C)(C)O)[C@H]1CC[C@H]2/C(=C/Cn3nnnc3-c3ccc(F)cc3)CCC[C@]12C. The van der Waals surface area contributed by atoms with Crippen molar-refractivity contribution in [3.8, 4) is 11.4 Å². The first-order valence-electron chi connectivity index (χ1n) is 12.7. The average molecular weight is 491 g/mol. The molecule has 2 saturated carbocycles. The summed E-state index contributed by atoms with van der Waals surface area (Å²) in [5.74, 6) is -1.80. The molecule has 0 amide bonds. The molecule has 8 heteroatoms. The second-order valence-electron chi connectivity index (χ2n) is 11.3. The number of hydrogen-bond acceptors (Lipinski definition) is 4. The number of hydrogen-bond donors (Lipinski definition) is 1. The third-order valence-corrected chi connectivity index (χ3v) is 8.69. The van der Waals surface area contributed by atoms with Crippen LogP contribution >= 0.6 is 0 Å². The smallest absolute Gasteiger partial charge is 0.275 e. The van der Waals surface area contributed by atoms with Crippen LogP contribution in [-0.2, 0) is 6.54 Å². The molecule has 1 aromatic carbocycles. The maximum absolute atomic E-state index is 14.4. The summed E-state index contributed by atoms with van der Waals surface area (Å²) >= 11 is 0. The highest BCUT2D eigenvalue weighted by atomic mass is 19.3. The van der Waals surface area contributed by atoms with Crippen molar-refractivity contribution in [3.63, 3.8) is 0 Å². The van der Waals surface area contributed by atoms with Gasteiger partial charge in [0.25, 0.3) is 5.92 Å². The molecule has 4 rings (SSSR count). The number of alkyl halides is 2. The molecule has 4 atom stereocenters. The summed E-state index contributed by atoms with van der Waals surface area (Å²) in [6, 6.07) is 6.15. The molecule has 1 aromatic heterocycles. The molecule has 2 aliphatic carbocycles. The van der Waals surface area contributed by atoms with Crippen LogP contribution in [0, 0.1) is 29.0 Å². The minimum Gasteiger partial charge on any atom is -0.384 e. The molecule has 0 aliphatic heterocycles. The van der Waals surface area contributed by atoms with Gasteiger partial charge in [-0.3, -0.25) is 0 Å². The molecular formula is C27H37F3N4O. The van der Waals surface area contributed by atoms with Gasteiger partial charge in [-0.15, -0.1) is 5.10 Å². The van der Waals surface area contributed by atoms with Crippen molar-refractivity contribution in [2.24, 2.45) is 23.2 Å². The van der Waals surface area contributed by atoms with E-state index in [0.717, 1.165) is 37.7 Å². The molecule has 0 bridgehead atoms. The quantitative estimate of drug-likeness (QED) is 0.432. The van der Waals surface area contributed by atoms with Gasteiger partial charge in [0.1, 0.15) is 11.4 Å². The van der Waals surface area contributed by atoms with Gasteiger partial charge >= 0.3 is 0 Å². The van der Waals surface area contributed by atoms with Crippen LogP contribution in [0.1, 0.15) is 72.6 Å². The molecule has 0 unspecified atom stereocenters. The molecule has 0 saturated heterocycles. The highest BCUT2D eigenvalue weighted by molar-refractivity contribution is 5.54. The Labute approximate surface area is 205 Å². The molecule has 5 nitrogen and oxygen atoms in total. The van der Waals surface area contributed by atoms with Gasteiger partial charge in [-0.05, 0) is 110 Å². The van der Waals surface area contributed by atoms with E-state index < -0.39 is 11.5 Å². The number of fused-ring (bicyclic) bond motifs is 1. The highest BCUT2D eigenvalue weighted by Gasteiger charge is 2.51. The minimum absolute atomic E-state index is 0.0912. The summed E-state index contributed by atoms with van der Waals surface area (Å²) in [7, 11) is 0.